The molecule has 1 aliphatic heterocycles. The molecule has 1 fully saturated rings. The highest BCUT2D eigenvalue weighted by Gasteiger charge is 2.50. The van der Waals surface area contributed by atoms with Crippen LogP contribution in [0.25, 0.3) is 22.2 Å². The Hall–Kier alpha value is -4.49. The zero-order chi connectivity index (χ0) is 33.1. The van der Waals surface area contributed by atoms with E-state index in [0.29, 0.717) is 18.2 Å². The monoisotopic (exact) mass is 658 g/mol. The van der Waals surface area contributed by atoms with Crippen LogP contribution < -0.4 is 20.5 Å². The number of hydrogen-bond donors (Lipinski definition) is 3. The van der Waals surface area contributed by atoms with E-state index in [1.807, 2.05) is 0 Å². The van der Waals surface area contributed by atoms with Gasteiger partial charge in [-0.15, -0.1) is 0 Å². The number of hydrogen-bond acceptors (Lipinski definition) is 7. The number of halogens is 5. The summed E-state index contributed by atoms with van der Waals surface area (Å²) >= 11 is 5.77. The summed E-state index contributed by atoms with van der Waals surface area (Å²) in [6.07, 6.45) is 2.56. The van der Waals surface area contributed by atoms with E-state index in [1.54, 1.807) is 13.0 Å². The Bertz CT molecular complexity index is 1920. The number of nitrogens with one attached hydrogen (secondary N) is 1. The number of alkyl halides is 2. The van der Waals surface area contributed by atoms with Crippen LogP contribution in [0.15, 0.2) is 42.6 Å². The largest absolute Gasteiger partial charge is 0.489 e. The summed E-state index contributed by atoms with van der Waals surface area (Å²) in [7, 11) is 0. The number of rotatable bonds is 9. The van der Waals surface area contributed by atoms with Crippen LogP contribution in [-0.2, 0) is 15.8 Å². The quantitative estimate of drug-likeness (QED) is 0.164. The number of nitrogens with two attached hydrogens (primary N) is 1. The van der Waals surface area contributed by atoms with Gasteiger partial charge in [-0.1, -0.05) is 11.6 Å². The molecule has 0 bridgehead atoms. The summed E-state index contributed by atoms with van der Waals surface area (Å²) in [5.74, 6) is -4.86. The summed E-state index contributed by atoms with van der Waals surface area (Å²) in [5.41, 5.74) is 2.91. The lowest BCUT2D eigenvalue weighted by molar-refractivity contribution is -0.123. The molecule has 3 heterocycles. The Morgan fingerprint density at radius 2 is 1.96 bits per heavy atom. The minimum Gasteiger partial charge on any atom is -0.489 e. The number of carbonyl (C=O) groups is 2. The minimum absolute atomic E-state index is 0.0144. The minimum atomic E-state index is -3.17. The molecule has 14 heteroatoms. The maximum Gasteiger partial charge on any atom is 0.387 e. The average Bonchev–Trinajstić information content (AvgIpc) is 3.81. The second-order valence-corrected chi connectivity index (χ2v) is 12.2. The second kappa shape index (κ2) is 11.4. The molecule has 2 amide bonds. The SMILES string of the molecule is Cc1cnc2c(OC(F)F)cc(C(=O)NC[C@](O)(c3cc4c(c(-c5ccc(Cl)c(F)c5F)n3)OC[C@]4(C)C(N)=O)C3CC3)cc2c1. The first kappa shape index (κ1) is 31.5. The van der Waals surface area contributed by atoms with Crippen molar-refractivity contribution in [3.63, 3.8) is 0 Å². The van der Waals surface area contributed by atoms with E-state index in [2.05, 4.69) is 20.0 Å². The summed E-state index contributed by atoms with van der Waals surface area (Å²) in [5, 5.41) is 14.7. The molecule has 0 spiro atoms. The third-order valence-corrected chi connectivity index (χ3v) is 8.78. The predicted molar refractivity (Wildman–Crippen MR) is 159 cm³/mol. The number of ether oxygens (including phenoxy) is 2. The molecule has 2 atom stereocenters. The molecular formula is C32H27ClF4N4O5. The van der Waals surface area contributed by atoms with Crippen LogP contribution in [0.4, 0.5) is 17.6 Å². The molecule has 6 rings (SSSR count). The summed E-state index contributed by atoms with van der Waals surface area (Å²) in [6, 6.07) is 8.00. The Kier molecular flexibility index (Phi) is 7.80. The molecule has 2 aliphatic rings. The summed E-state index contributed by atoms with van der Waals surface area (Å²) in [4.78, 5) is 34.7. The second-order valence-electron chi connectivity index (χ2n) is 11.8. The van der Waals surface area contributed by atoms with Crippen LogP contribution in [0.1, 0.15) is 46.9 Å². The number of aliphatic hydroxyl groups is 1. The number of carbonyl (C=O) groups excluding carboxylic acids is 2. The normalized spacial score (nSPS) is 18.6. The maximum atomic E-state index is 15.2. The lowest BCUT2D eigenvalue weighted by Crippen LogP contribution is -2.44. The molecular weight excluding hydrogens is 632 g/mol. The van der Waals surface area contributed by atoms with Crippen molar-refractivity contribution in [3.05, 3.63) is 81.6 Å². The van der Waals surface area contributed by atoms with Gasteiger partial charge in [0, 0.05) is 28.3 Å². The molecule has 4 aromatic rings. The molecule has 2 aromatic heterocycles. The fourth-order valence-electron chi connectivity index (χ4n) is 5.67. The van der Waals surface area contributed by atoms with Crippen molar-refractivity contribution in [2.24, 2.45) is 11.7 Å². The van der Waals surface area contributed by atoms with Gasteiger partial charge in [-0.25, -0.2) is 13.8 Å². The topological polar surface area (TPSA) is 137 Å². The number of primary amides is 1. The first-order chi connectivity index (χ1) is 21.7. The maximum absolute atomic E-state index is 15.2. The van der Waals surface area contributed by atoms with Gasteiger partial charge in [-0.3, -0.25) is 14.6 Å². The van der Waals surface area contributed by atoms with Gasteiger partial charge in [0.15, 0.2) is 17.4 Å². The molecule has 0 unspecified atom stereocenters. The number of fused-ring (bicyclic) bond motifs is 2. The van der Waals surface area contributed by atoms with Crippen molar-refractivity contribution in [2.45, 2.75) is 44.3 Å². The Labute approximate surface area is 264 Å². The zero-order valence-corrected chi connectivity index (χ0v) is 25.2. The Balaban J connectivity index is 1.42. The number of benzene rings is 2. The highest BCUT2D eigenvalue weighted by Crippen LogP contribution is 2.50. The highest BCUT2D eigenvalue weighted by atomic mass is 35.5. The smallest absolute Gasteiger partial charge is 0.387 e. The third kappa shape index (κ3) is 5.36. The van der Waals surface area contributed by atoms with Crippen molar-refractivity contribution < 1.29 is 41.7 Å². The van der Waals surface area contributed by atoms with Gasteiger partial charge in [0.1, 0.15) is 34.6 Å². The number of amides is 2. The number of aromatic nitrogens is 2. The zero-order valence-electron chi connectivity index (χ0n) is 24.5. The van der Waals surface area contributed by atoms with E-state index in [-0.39, 0.29) is 51.7 Å². The molecule has 0 radical (unpaired) electrons. The molecule has 2 aromatic carbocycles. The van der Waals surface area contributed by atoms with Gasteiger partial charge in [0.05, 0.1) is 17.3 Å². The predicted octanol–water partition coefficient (Wildman–Crippen LogP) is 5.30. The van der Waals surface area contributed by atoms with Crippen molar-refractivity contribution in [1.29, 1.82) is 0 Å². The van der Waals surface area contributed by atoms with E-state index in [1.165, 1.54) is 31.3 Å². The Morgan fingerprint density at radius 3 is 2.63 bits per heavy atom. The van der Waals surface area contributed by atoms with Crippen molar-refractivity contribution in [2.75, 3.05) is 13.2 Å². The summed E-state index contributed by atoms with van der Waals surface area (Å²) in [6.45, 7) is -0.535. The van der Waals surface area contributed by atoms with E-state index >= 15 is 4.39 Å². The van der Waals surface area contributed by atoms with Crippen LogP contribution in [0, 0.1) is 24.5 Å². The molecule has 0 saturated heterocycles. The molecule has 9 nitrogen and oxygen atoms in total. The lowest BCUT2D eigenvalue weighted by atomic mass is 9.81. The summed E-state index contributed by atoms with van der Waals surface area (Å²) < 4.78 is 66.6. The first-order valence-electron chi connectivity index (χ1n) is 14.2. The number of aryl methyl sites for hydroxylation is 1. The average molecular weight is 659 g/mol. The van der Waals surface area contributed by atoms with Crippen molar-refractivity contribution >= 4 is 34.3 Å². The van der Waals surface area contributed by atoms with Crippen LogP contribution in [-0.4, -0.2) is 46.7 Å². The molecule has 1 saturated carbocycles. The van der Waals surface area contributed by atoms with Crippen LogP contribution >= 0.6 is 11.6 Å². The van der Waals surface area contributed by atoms with E-state index < -0.39 is 58.6 Å². The fraction of sp³-hybridized carbons (Fsp3) is 0.312. The van der Waals surface area contributed by atoms with Gasteiger partial charge >= 0.3 is 6.61 Å². The highest BCUT2D eigenvalue weighted by molar-refractivity contribution is 6.30. The van der Waals surface area contributed by atoms with Gasteiger partial charge in [0.2, 0.25) is 5.91 Å². The standard InChI is InChI=1S/C32H27ClF4N4O5/c1-14-7-15-8-16(9-21(46-30(36)37)25(15)39-11-14)28(42)40-12-32(44,17-3-4-17)22-10-19-27(45-13-31(19,2)29(38)43)26(41-22)18-5-6-20(33)24(35)23(18)34/h5-11,17,30,44H,3-4,12-13H2,1-2H3,(H2,38,43)(H,40,42)/t31-,32+/m0/s1. The first-order valence-corrected chi connectivity index (χ1v) is 14.6. The molecule has 46 heavy (non-hydrogen) atoms. The van der Waals surface area contributed by atoms with Gasteiger partial charge in [-0.2, -0.15) is 8.78 Å². The molecule has 1 aliphatic carbocycles. The van der Waals surface area contributed by atoms with Gasteiger partial charge in [0.25, 0.3) is 5.91 Å². The Morgan fingerprint density at radius 1 is 1.22 bits per heavy atom. The van der Waals surface area contributed by atoms with E-state index in [9.17, 15) is 27.9 Å². The van der Waals surface area contributed by atoms with Crippen molar-refractivity contribution in [1.82, 2.24) is 15.3 Å². The van der Waals surface area contributed by atoms with Gasteiger partial charge in [-0.05, 0) is 74.6 Å². The van der Waals surface area contributed by atoms with Crippen LogP contribution in [0.2, 0.25) is 5.02 Å². The fourth-order valence-corrected chi connectivity index (χ4v) is 5.81. The number of nitrogens with zero attached hydrogens (tertiary/aromatic N) is 2. The van der Waals surface area contributed by atoms with Crippen LogP contribution in [0.5, 0.6) is 11.5 Å². The lowest BCUT2D eigenvalue weighted by Gasteiger charge is -2.30. The van der Waals surface area contributed by atoms with E-state index in [0.717, 1.165) is 17.7 Å². The van der Waals surface area contributed by atoms with E-state index in [4.69, 9.17) is 22.1 Å². The molecule has 240 valence electrons. The van der Waals surface area contributed by atoms with Crippen LogP contribution in [0.3, 0.4) is 0 Å². The van der Waals surface area contributed by atoms with Crippen molar-refractivity contribution in [3.8, 4) is 22.8 Å². The molecule has 4 N–H and O–H groups in total. The van der Waals surface area contributed by atoms with Gasteiger partial charge < -0.3 is 25.6 Å². The third-order valence-electron chi connectivity index (χ3n) is 8.48. The number of pyridine rings is 2.